The lowest BCUT2D eigenvalue weighted by Crippen LogP contribution is -2.56. The average molecular weight is 383 g/mol. The number of aliphatic hydroxyl groups is 1. The van der Waals surface area contributed by atoms with Crippen LogP contribution in [0.1, 0.15) is 17.5 Å². The smallest absolute Gasteiger partial charge is 0.122 e. The van der Waals surface area contributed by atoms with Crippen molar-refractivity contribution in [3.05, 3.63) is 59.7 Å². The lowest BCUT2D eigenvalue weighted by Gasteiger charge is -2.44. The molecule has 2 aliphatic heterocycles. The van der Waals surface area contributed by atoms with Crippen molar-refractivity contribution in [3.8, 4) is 11.5 Å². The highest BCUT2D eigenvalue weighted by Gasteiger charge is 2.39. The first-order valence-corrected chi connectivity index (χ1v) is 10.1. The predicted octanol–water partition coefficient (Wildman–Crippen LogP) is 2.57. The first kappa shape index (κ1) is 19.2. The third-order valence-corrected chi connectivity index (χ3v) is 6.02. The summed E-state index contributed by atoms with van der Waals surface area (Å²) in [6, 6.07) is 17.7. The second-order valence-corrected chi connectivity index (χ2v) is 7.99. The Hall–Kier alpha value is -2.08. The van der Waals surface area contributed by atoms with Gasteiger partial charge in [-0.1, -0.05) is 30.3 Å². The molecule has 0 aromatic heterocycles. The number of ether oxygens (including phenoxy) is 2. The molecule has 28 heavy (non-hydrogen) atoms. The summed E-state index contributed by atoms with van der Waals surface area (Å²) >= 11 is 0. The number of benzene rings is 2. The summed E-state index contributed by atoms with van der Waals surface area (Å²) in [7, 11) is 3.38. The number of piperazine rings is 1. The van der Waals surface area contributed by atoms with Gasteiger partial charge < -0.3 is 14.6 Å². The Labute approximate surface area is 167 Å². The van der Waals surface area contributed by atoms with E-state index >= 15 is 0 Å². The summed E-state index contributed by atoms with van der Waals surface area (Å²) in [5.74, 6) is 1.65. The van der Waals surface area contributed by atoms with Gasteiger partial charge in [0.15, 0.2) is 0 Å². The van der Waals surface area contributed by atoms with Gasteiger partial charge >= 0.3 is 0 Å². The van der Waals surface area contributed by atoms with Crippen LogP contribution in [0.5, 0.6) is 11.5 Å². The van der Waals surface area contributed by atoms with Crippen LogP contribution < -0.4 is 9.47 Å². The van der Waals surface area contributed by atoms with Crippen molar-refractivity contribution in [2.45, 2.75) is 37.6 Å². The molecule has 0 unspecified atom stereocenters. The molecule has 2 aliphatic rings. The van der Waals surface area contributed by atoms with E-state index in [0.717, 1.165) is 50.5 Å². The summed E-state index contributed by atoms with van der Waals surface area (Å²) in [4.78, 5) is 5.04. The second-order valence-electron chi connectivity index (χ2n) is 7.99. The minimum absolute atomic E-state index is 0.195. The van der Waals surface area contributed by atoms with Gasteiger partial charge in [-0.05, 0) is 36.1 Å². The van der Waals surface area contributed by atoms with Crippen LogP contribution in [0.3, 0.4) is 0 Å². The molecular formula is C23H30N2O3. The van der Waals surface area contributed by atoms with Gasteiger partial charge in [0.05, 0.1) is 20.3 Å². The van der Waals surface area contributed by atoms with Crippen molar-refractivity contribution in [2.24, 2.45) is 0 Å². The van der Waals surface area contributed by atoms with Gasteiger partial charge in [-0.15, -0.1) is 0 Å². The largest absolute Gasteiger partial charge is 0.497 e. The van der Waals surface area contributed by atoms with E-state index < -0.39 is 0 Å². The Morgan fingerprint density at radius 3 is 2.32 bits per heavy atom. The fraction of sp³-hybridized carbons (Fsp3) is 0.478. The van der Waals surface area contributed by atoms with Gasteiger partial charge in [-0.25, -0.2) is 0 Å². The summed E-state index contributed by atoms with van der Waals surface area (Å²) in [5.41, 5.74) is 2.56. The number of methoxy groups -OCH3 is 2. The normalized spacial score (nSPS) is 25.5. The SMILES string of the molecule is COc1cc(CN2C[C@@H]3C[C@@H](O)CN3C[C@H]2Cc2ccccc2)cc(OC)c1. The maximum atomic E-state index is 10.2. The minimum Gasteiger partial charge on any atom is -0.497 e. The number of nitrogens with zero attached hydrogens (tertiary/aromatic N) is 2. The summed E-state index contributed by atoms with van der Waals surface area (Å²) < 4.78 is 10.9. The molecule has 3 atom stereocenters. The zero-order valence-electron chi connectivity index (χ0n) is 16.8. The molecule has 2 fully saturated rings. The summed E-state index contributed by atoms with van der Waals surface area (Å²) in [6.45, 7) is 3.63. The van der Waals surface area contributed by atoms with Crippen LogP contribution in [0.25, 0.3) is 0 Å². The zero-order chi connectivity index (χ0) is 19.5. The van der Waals surface area contributed by atoms with E-state index in [4.69, 9.17) is 9.47 Å². The molecule has 150 valence electrons. The van der Waals surface area contributed by atoms with Gasteiger partial charge in [-0.3, -0.25) is 9.80 Å². The predicted molar refractivity (Wildman–Crippen MR) is 110 cm³/mol. The van der Waals surface area contributed by atoms with Crippen molar-refractivity contribution >= 4 is 0 Å². The van der Waals surface area contributed by atoms with Gasteiger partial charge in [-0.2, -0.15) is 0 Å². The molecule has 2 aromatic rings. The maximum absolute atomic E-state index is 10.2. The molecule has 0 saturated carbocycles. The van der Waals surface area contributed by atoms with E-state index in [0.29, 0.717) is 12.1 Å². The first-order chi connectivity index (χ1) is 13.6. The zero-order valence-corrected chi connectivity index (χ0v) is 16.8. The fourth-order valence-electron chi connectivity index (χ4n) is 4.64. The molecule has 0 aliphatic carbocycles. The Kier molecular flexibility index (Phi) is 5.85. The van der Waals surface area contributed by atoms with Gasteiger partial charge in [0, 0.05) is 44.3 Å². The fourth-order valence-corrected chi connectivity index (χ4v) is 4.64. The minimum atomic E-state index is -0.195. The summed E-state index contributed by atoms with van der Waals surface area (Å²) in [6.07, 6.45) is 1.69. The van der Waals surface area contributed by atoms with E-state index in [1.807, 2.05) is 6.07 Å². The van der Waals surface area contributed by atoms with E-state index in [1.165, 1.54) is 11.1 Å². The number of hydrogen-bond donors (Lipinski definition) is 1. The standard InChI is InChI=1S/C23H30N2O3/c1-27-22-9-18(10-23(12-22)28-2)13-24-15-20-11-21(26)16-25(20)14-19(24)8-17-6-4-3-5-7-17/h3-7,9-10,12,19-21,26H,8,11,13-16H2,1-2H3/t19-,20+,21-/m1/s1. The molecule has 1 N–H and O–H groups in total. The van der Waals surface area contributed by atoms with Crippen molar-refractivity contribution in [1.82, 2.24) is 9.80 Å². The molecule has 0 radical (unpaired) electrons. The maximum Gasteiger partial charge on any atom is 0.122 e. The molecule has 2 aromatic carbocycles. The molecule has 2 saturated heterocycles. The highest BCUT2D eigenvalue weighted by atomic mass is 16.5. The topological polar surface area (TPSA) is 45.2 Å². The highest BCUT2D eigenvalue weighted by Crippen LogP contribution is 2.29. The molecular weight excluding hydrogens is 352 g/mol. The van der Waals surface area contributed by atoms with Crippen LogP contribution in [0.15, 0.2) is 48.5 Å². The quantitative estimate of drug-likeness (QED) is 0.832. The van der Waals surface area contributed by atoms with Gasteiger partial charge in [0.25, 0.3) is 0 Å². The van der Waals surface area contributed by atoms with E-state index in [2.05, 4.69) is 52.3 Å². The summed E-state index contributed by atoms with van der Waals surface area (Å²) in [5, 5.41) is 10.2. The van der Waals surface area contributed by atoms with Crippen LogP contribution in [-0.4, -0.2) is 66.9 Å². The number of fused-ring (bicyclic) bond motifs is 1. The van der Waals surface area contributed by atoms with Crippen molar-refractivity contribution in [2.75, 3.05) is 33.9 Å². The molecule has 2 heterocycles. The first-order valence-electron chi connectivity index (χ1n) is 10.1. The average Bonchev–Trinajstić information content (AvgIpc) is 3.07. The molecule has 0 bridgehead atoms. The van der Waals surface area contributed by atoms with E-state index in [1.54, 1.807) is 14.2 Å². The van der Waals surface area contributed by atoms with E-state index in [-0.39, 0.29) is 6.10 Å². The van der Waals surface area contributed by atoms with Crippen molar-refractivity contribution in [3.63, 3.8) is 0 Å². The van der Waals surface area contributed by atoms with Crippen LogP contribution >= 0.6 is 0 Å². The molecule has 5 nitrogen and oxygen atoms in total. The van der Waals surface area contributed by atoms with Crippen LogP contribution in [-0.2, 0) is 13.0 Å². The van der Waals surface area contributed by atoms with Crippen molar-refractivity contribution in [1.29, 1.82) is 0 Å². The molecule has 5 heteroatoms. The highest BCUT2D eigenvalue weighted by molar-refractivity contribution is 5.38. The Morgan fingerprint density at radius 2 is 1.64 bits per heavy atom. The third-order valence-electron chi connectivity index (χ3n) is 6.02. The molecule has 0 amide bonds. The lowest BCUT2D eigenvalue weighted by molar-refractivity contribution is 0.0444. The van der Waals surface area contributed by atoms with Crippen LogP contribution in [0.2, 0.25) is 0 Å². The number of aliphatic hydroxyl groups excluding tert-OH is 1. The molecule has 4 rings (SSSR count). The van der Waals surface area contributed by atoms with Gasteiger partial charge in [0.1, 0.15) is 11.5 Å². The van der Waals surface area contributed by atoms with Gasteiger partial charge in [0.2, 0.25) is 0 Å². The second kappa shape index (κ2) is 8.52. The lowest BCUT2D eigenvalue weighted by atomic mass is 9.99. The Bertz CT molecular complexity index is 760. The Balaban J connectivity index is 1.56. The number of hydrogen-bond acceptors (Lipinski definition) is 5. The molecule has 0 spiro atoms. The monoisotopic (exact) mass is 382 g/mol. The van der Waals surface area contributed by atoms with Crippen LogP contribution in [0, 0.1) is 0 Å². The van der Waals surface area contributed by atoms with Crippen molar-refractivity contribution < 1.29 is 14.6 Å². The third kappa shape index (κ3) is 4.32. The number of rotatable bonds is 6. The Morgan fingerprint density at radius 1 is 0.929 bits per heavy atom. The van der Waals surface area contributed by atoms with Crippen LogP contribution in [0.4, 0.5) is 0 Å². The van der Waals surface area contributed by atoms with E-state index in [9.17, 15) is 5.11 Å².